The number of anilines is 1. The molecule has 2 fully saturated rings. The number of nitrogens with one attached hydrogen (secondary N) is 1. The van der Waals surface area contributed by atoms with Crippen LogP contribution in [0.1, 0.15) is 44.6 Å². The Kier molecular flexibility index (Phi) is 8.03. The van der Waals surface area contributed by atoms with Crippen LogP contribution in [0.5, 0.6) is 0 Å². The predicted octanol–water partition coefficient (Wildman–Crippen LogP) is 4.14. The minimum absolute atomic E-state index is 0.0925. The molecule has 0 bridgehead atoms. The number of likely N-dealkylation sites (tertiary alicyclic amines) is 1. The highest BCUT2D eigenvalue weighted by Gasteiger charge is 2.27. The molecule has 0 radical (unpaired) electrons. The fraction of sp³-hybridized carbons (Fsp3) is 0.560. The highest BCUT2D eigenvalue weighted by Crippen LogP contribution is 2.34. The molecule has 2 aliphatic rings. The monoisotopic (exact) mass is 453 g/mol. The van der Waals surface area contributed by atoms with Crippen LogP contribution in [0.2, 0.25) is 0 Å². The Morgan fingerprint density at radius 1 is 1.06 bits per heavy atom. The van der Waals surface area contributed by atoms with E-state index < -0.39 is 0 Å². The van der Waals surface area contributed by atoms with Crippen LogP contribution in [0.4, 0.5) is 5.82 Å². The van der Waals surface area contributed by atoms with Crippen molar-refractivity contribution in [1.82, 2.24) is 20.2 Å². The molecule has 0 aliphatic carbocycles. The average molecular weight is 454 g/mol. The number of carbonyl (C=O) groups excluding carboxylic acids is 1. The number of carbonyl (C=O) groups is 1. The maximum atomic E-state index is 12.7. The van der Waals surface area contributed by atoms with Crippen LogP contribution >= 0.6 is 11.8 Å². The van der Waals surface area contributed by atoms with Crippen molar-refractivity contribution in [2.75, 3.05) is 37.6 Å². The second-order valence-electron chi connectivity index (χ2n) is 9.03. The molecule has 1 aromatic heterocycles. The third kappa shape index (κ3) is 6.01. The fourth-order valence-corrected chi connectivity index (χ4v) is 5.52. The molecule has 32 heavy (non-hydrogen) atoms. The second-order valence-corrected chi connectivity index (χ2v) is 10.1. The number of amides is 1. The topological polar surface area (TPSA) is 61.4 Å². The van der Waals surface area contributed by atoms with Gasteiger partial charge in [0, 0.05) is 55.4 Å². The van der Waals surface area contributed by atoms with Gasteiger partial charge in [0.25, 0.3) is 0 Å². The molecule has 0 saturated carbocycles. The van der Waals surface area contributed by atoms with Gasteiger partial charge in [0.1, 0.15) is 5.03 Å². The SMILES string of the molecule is Cc1ccc(Sc2nccnc2N2CCC(C(=O)NCCN3CCCCC3C)CC2)cc1. The van der Waals surface area contributed by atoms with Gasteiger partial charge in [0.2, 0.25) is 5.91 Å². The van der Waals surface area contributed by atoms with Gasteiger partial charge in [-0.25, -0.2) is 9.97 Å². The zero-order valence-electron chi connectivity index (χ0n) is 19.3. The van der Waals surface area contributed by atoms with Crippen LogP contribution in [0.25, 0.3) is 0 Å². The molecule has 1 N–H and O–H groups in total. The summed E-state index contributed by atoms with van der Waals surface area (Å²) < 4.78 is 0. The highest BCUT2D eigenvalue weighted by atomic mass is 32.2. The number of rotatable bonds is 7. The third-order valence-corrected chi connectivity index (χ3v) is 7.68. The minimum Gasteiger partial charge on any atom is -0.355 e. The van der Waals surface area contributed by atoms with E-state index in [2.05, 4.69) is 63.2 Å². The van der Waals surface area contributed by atoms with Gasteiger partial charge in [-0.2, -0.15) is 0 Å². The van der Waals surface area contributed by atoms with Crippen molar-refractivity contribution in [3.05, 3.63) is 42.2 Å². The summed E-state index contributed by atoms with van der Waals surface area (Å²) in [4.78, 5) is 27.9. The number of nitrogens with zero attached hydrogens (tertiary/aromatic N) is 4. The van der Waals surface area contributed by atoms with E-state index in [1.807, 2.05) is 0 Å². The lowest BCUT2D eigenvalue weighted by molar-refractivity contribution is -0.125. The fourth-order valence-electron chi connectivity index (χ4n) is 4.64. The molecule has 4 rings (SSSR count). The largest absolute Gasteiger partial charge is 0.355 e. The Labute approximate surface area is 196 Å². The molecule has 1 aromatic carbocycles. The summed E-state index contributed by atoms with van der Waals surface area (Å²) in [5.74, 6) is 1.23. The van der Waals surface area contributed by atoms with Crippen LogP contribution in [0, 0.1) is 12.8 Å². The third-order valence-electron chi connectivity index (χ3n) is 6.69. The second kappa shape index (κ2) is 11.1. The number of aromatic nitrogens is 2. The van der Waals surface area contributed by atoms with Gasteiger partial charge in [-0.1, -0.05) is 35.9 Å². The Morgan fingerprint density at radius 2 is 1.81 bits per heavy atom. The van der Waals surface area contributed by atoms with Gasteiger partial charge in [0.05, 0.1) is 0 Å². The van der Waals surface area contributed by atoms with Gasteiger partial charge in [0.15, 0.2) is 5.82 Å². The van der Waals surface area contributed by atoms with Gasteiger partial charge in [-0.3, -0.25) is 9.69 Å². The lowest BCUT2D eigenvalue weighted by Crippen LogP contribution is -2.45. The first kappa shape index (κ1) is 23.1. The van der Waals surface area contributed by atoms with E-state index in [-0.39, 0.29) is 11.8 Å². The molecular formula is C25H35N5OS. The molecule has 3 heterocycles. The summed E-state index contributed by atoms with van der Waals surface area (Å²) in [7, 11) is 0. The summed E-state index contributed by atoms with van der Waals surface area (Å²) in [6, 6.07) is 9.13. The minimum atomic E-state index is 0.0925. The molecule has 1 amide bonds. The zero-order chi connectivity index (χ0) is 22.3. The Morgan fingerprint density at radius 3 is 2.56 bits per heavy atom. The number of benzene rings is 1. The highest BCUT2D eigenvalue weighted by molar-refractivity contribution is 7.99. The van der Waals surface area contributed by atoms with Crippen LogP contribution < -0.4 is 10.2 Å². The molecule has 6 nitrogen and oxygen atoms in total. The first-order valence-electron chi connectivity index (χ1n) is 11.9. The van der Waals surface area contributed by atoms with Crippen molar-refractivity contribution < 1.29 is 4.79 Å². The van der Waals surface area contributed by atoms with Crippen LogP contribution in [-0.4, -0.2) is 59.5 Å². The number of hydrogen-bond acceptors (Lipinski definition) is 6. The van der Waals surface area contributed by atoms with Gasteiger partial charge >= 0.3 is 0 Å². The summed E-state index contributed by atoms with van der Waals surface area (Å²) in [5, 5.41) is 4.12. The van der Waals surface area contributed by atoms with E-state index in [0.717, 1.165) is 61.3 Å². The van der Waals surface area contributed by atoms with Crippen molar-refractivity contribution in [1.29, 1.82) is 0 Å². The molecule has 172 valence electrons. The van der Waals surface area contributed by atoms with E-state index >= 15 is 0 Å². The van der Waals surface area contributed by atoms with Crippen molar-refractivity contribution in [3.63, 3.8) is 0 Å². The standard InChI is InChI=1S/C25H35N5OS/c1-19-6-8-22(9-7-19)32-25-23(26-12-13-28-25)30-16-10-21(11-17-30)24(31)27-14-18-29-15-4-3-5-20(29)2/h6-9,12-13,20-21H,3-5,10-11,14-18H2,1-2H3,(H,27,31). The van der Waals surface area contributed by atoms with E-state index in [1.54, 1.807) is 24.2 Å². The van der Waals surface area contributed by atoms with Crippen molar-refractivity contribution in [2.24, 2.45) is 5.92 Å². The van der Waals surface area contributed by atoms with Crippen molar-refractivity contribution in [2.45, 2.75) is 61.9 Å². The van der Waals surface area contributed by atoms with E-state index in [4.69, 9.17) is 0 Å². The molecular weight excluding hydrogens is 418 g/mol. The van der Waals surface area contributed by atoms with Gasteiger partial charge in [-0.15, -0.1) is 0 Å². The van der Waals surface area contributed by atoms with E-state index in [9.17, 15) is 4.79 Å². The molecule has 1 unspecified atom stereocenters. The Balaban J connectivity index is 1.27. The molecule has 7 heteroatoms. The number of hydrogen-bond donors (Lipinski definition) is 1. The molecule has 1 atom stereocenters. The Bertz CT molecular complexity index is 882. The summed E-state index contributed by atoms with van der Waals surface area (Å²) in [5.41, 5.74) is 1.25. The van der Waals surface area contributed by atoms with Crippen molar-refractivity contribution >= 4 is 23.5 Å². The normalized spacial score (nSPS) is 20.3. The van der Waals surface area contributed by atoms with E-state index in [0.29, 0.717) is 6.04 Å². The summed E-state index contributed by atoms with van der Waals surface area (Å²) in [6.45, 7) is 8.94. The van der Waals surface area contributed by atoms with E-state index in [1.165, 1.54) is 24.8 Å². The lowest BCUT2D eigenvalue weighted by atomic mass is 9.96. The molecule has 0 spiro atoms. The quantitative estimate of drug-likeness (QED) is 0.680. The summed E-state index contributed by atoms with van der Waals surface area (Å²) in [6.07, 6.45) is 9.12. The van der Waals surface area contributed by atoms with Crippen molar-refractivity contribution in [3.8, 4) is 0 Å². The smallest absolute Gasteiger partial charge is 0.223 e. The van der Waals surface area contributed by atoms with Crippen LogP contribution in [0.3, 0.4) is 0 Å². The molecule has 2 aliphatic heterocycles. The van der Waals surface area contributed by atoms with Crippen LogP contribution in [-0.2, 0) is 4.79 Å². The first-order chi connectivity index (χ1) is 15.6. The summed E-state index contributed by atoms with van der Waals surface area (Å²) >= 11 is 1.65. The Hall–Kier alpha value is -2.12. The molecule has 2 aromatic rings. The predicted molar refractivity (Wildman–Crippen MR) is 130 cm³/mol. The number of piperidine rings is 2. The molecule has 2 saturated heterocycles. The lowest BCUT2D eigenvalue weighted by Gasteiger charge is -2.34. The zero-order valence-corrected chi connectivity index (χ0v) is 20.1. The maximum absolute atomic E-state index is 12.7. The number of aryl methyl sites for hydroxylation is 1. The van der Waals surface area contributed by atoms with Gasteiger partial charge in [-0.05, 0) is 58.2 Å². The average Bonchev–Trinajstić information content (AvgIpc) is 2.82. The van der Waals surface area contributed by atoms with Crippen LogP contribution in [0.15, 0.2) is 46.6 Å². The first-order valence-corrected chi connectivity index (χ1v) is 12.7. The van der Waals surface area contributed by atoms with Gasteiger partial charge < -0.3 is 10.2 Å². The maximum Gasteiger partial charge on any atom is 0.223 e.